The maximum Gasteiger partial charge on any atom is 0.0412 e. The molecule has 104 valence electrons. The summed E-state index contributed by atoms with van der Waals surface area (Å²) in [6.07, 6.45) is 8.77. The molecule has 0 aromatic heterocycles. The van der Waals surface area contributed by atoms with Crippen LogP contribution in [0.4, 0.5) is 0 Å². The second-order valence-corrected chi connectivity index (χ2v) is 6.33. The molecule has 2 heteroatoms. The molecule has 0 radical (unpaired) electrons. The van der Waals surface area contributed by atoms with Crippen molar-refractivity contribution in [1.29, 1.82) is 0 Å². The quantitative estimate of drug-likeness (QED) is 0.854. The molecular weight excluding hydrogens is 232 g/mol. The minimum atomic E-state index is -0.0558. The van der Waals surface area contributed by atoms with Crippen molar-refractivity contribution in [3.63, 3.8) is 0 Å². The number of hydrogen-bond donors (Lipinski definition) is 2. The zero-order valence-electron chi connectivity index (χ0n) is 11.8. The summed E-state index contributed by atoms with van der Waals surface area (Å²) < 4.78 is 0. The van der Waals surface area contributed by atoms with E-state index in [0.29, 0.717) is 5.92 Å². The second kappa shape index (κ2) is 5.64. The number of nitrogens with one attached hydrogen (secondary N) is 1. The van der Waals surface area contributed by atoms with E-state index in [-0.39, 0.29) is 5.54 Å². The van der Waals surface area contributed by atoms with Gasteiger partial charge in [-0.05, 0) is 55.8 Å². The Morgan fingerprint density at radius 1 is 1.00 bits per heavy atom. The Bertz CT molecular complexity index is 415. The van der Waals surface area contributed by atoms with Crippen molar-refractivity contribution < 1.29 is 0 Å². The Balaban J connectivity index is 1.91. The molecule has 2 aliphatic rings. The molecule has 2 fully saturated rings. The first-order valence-corrected chi connectivity index (χ1v) is 7.89. The molecule has 0 unspecified atom stereocenters. The van der Waals surface area contributed by atoms with Gasteiger partial charge in [0.25, 0.3) is 0 Å². The van der Waals surface area contributed by atoms with Crippen molar-refractivity contribution >= 4 is 0 Å². The molecule has 1 aromatic rings. The van der Waals surface area contributed by atoms with Gasteiger partial charge in [-0.25, -0.2) is 0 Å². The molecule has 0 bridgehead atoms. The lowest BCUT2D eigenvalue weighted by Gasteiger charge is -2.37. The van der Waals surface area contributed by atoms with Crippen LogP contribution in [0, 0.1) is 0 Å². The summed E-state index contributed by atoms with van der Waals surface area (Å²) in [4.78, 5) is 0. The molecule has 0 atom stereocenters. The Hall–Kier alpha value is -0.860. The van der Waals surface area contributed by atoms with Gasteiger partial charge in [0.15, 0.2) is 0 Å². The van der Waals surface area contributed by atoms with E-state index < -0.39 is 0 Å². The third kappa shape index (κ3) is 2.70. The molecule has 1 saturated carbocycles. The van der Waals surface area contributed by atoms with Crippen molar-refractivity contribution in [3.8, 4) is 0 Å². The van der Waals surface area contributed by atoms with Crippen molar-refractivity contribution in [2.24, 2.45) is 5.73 Å². The highest BCUT2D eigenvalue weighted by atomic mass is 14.9. The molecule has 1 heterocycles. The van der Waals surface area contributed by atoms with Gasteiger partial charge in [-0.3, -0.25) is 0 Å². The van der Waals surface area contributed by atoms with Crippen molar-refractivity contribution in [3.05, 3.63) is 35.4 Å². The molecule has 1 aliphatic carbocycles. The summed E-state index contributed by atoms with van der Waals surface area (Å²) in [5, 5.41) is 3.46. The molecular formula is C17H26N2. The molecule has 1 aliphatic heterocycles. The van der Waals surface area contributed by atoms with Crippen LogP contribution in [-0.2, 0) is 5.54 Å². The van der Waals surface area contributed by atoms with E-state index in [1.807, 2.05) is 0 Å². The van der Waals surface area contributed by atoms with E-state index in [1.165, 1.54) is 43.2 Å². The fourth-order valence-electron chi connectivity index (χ4n) is 3.89. The van der Waals surface area contributed by atoms with Crippen molar-refractivity contribution in [1.82, 2.24) is 5.32 Å². The summed E-state index contributed by atoms with van der Waals surface area (Å²) in [5.41, 5.74) is 9.70. The van der Waals surface area contributed by atoms with Crippen LogP contribution in [0.3, 0.4) is 0 Å². The Labute approximate surface area is 116 Å². The first-order valence-electron chi connectivity index (χ1n) is 7.89. The van der Waals surface area contributed by atoms with Gasteiger partial charge in [0, 0.05) is 5.54 Å². The van der Waals surface area contributed by atoms with Crippen LogP contribution in [0.25, 0.3) is 0 Å². The van der Waals surface area contributed by atoms with Crippen LogP contribution in [0.1, 0.15) is 62.0 Å². The lowest BCUT2D eigenvalue weighted by molar-refractivity contribution is 0.297. The van der Waals surface area contributed by atoms with Gasteiger partial charge in [0.2, 0.25) is 0 Å². The van der Waals surface area contributed by atoms with E-state index >= 15 is 0 Å². The van der Waals surface area contributed by atoms with Crippen molar-refractivity contribution in [2.45, 2.75) is 56.4 Å². The summed E-state index contributed by atoms with van der Waals surface area (Å²) in [6.45, 7) is 2.30. The van der Waals surface area contributed by atoms with E-state index in [2.05, 4.69) is 29.6 Å². The Kier molecular flexibility index (Phi) is 3.90. The number of nitrogens with two attached hydrogens (primary N) is 1. The normalized spacial score (nSPS) is 24.3. The van der Waals surface area contributed by atoms with Crippen LogP contribution in [-0.4, -0.2) is 13.1 Å². The highest BCUT2D eigenvalue weighted by Gasteiger charge is 2.32. The monoisotopic (exact) mass is 258 g/mol. The smallest absolute Gasteiger partial charge is 0.0412 e. The van der Waals surface area contributed by atoms with Gasteiger partial charge in [0.05, 0.1) is 0 Å². The fraction of sp³-hybridized carbons (Fsp3) is 0.647. The first-order chi connectivity index (χ1) is 9.30. The SMILES string of the molecule is NC1(c2ccccc2C2CCNCC2)CCCCC1. The third-order valence-electron chi connectivity index (χ3n) is 5.02. The molecule has 1 aromatic carbocycles. The zero-order chi connectivity index (χ0) is 13.1. The van der Waals surface area contributed by atoms with Gasteiger partial charge in [-0.15, -0.1) is 0 Å². The van der Waals surface area contributed by atoms with Crippen molar-refractivity contribution in [2.75, 3.05) is 13.1 Å². The molecule has 1 saturated heterocycles. The minimum absolute atomic E-state index is 0.0558. The van der Waals surface area contributed by atoms with Gasteiger partial charge < -0.3 is 11.1 Å². The molecule has 3 N–H and O–H groups in total. The van der Waals surface area contributed by atoms with E-state index in [9.17, 15) is 0 Å². The van der Waals surface area contributed by atoms with E-state index in [0.717, 1.165) is 25.9 Å². The maximum atomic E-state index is 6.77. The molecule has 19 heavy (non-hydrogen) atoms. The minimum Gasteiger partial charge on any atom is -0.321 e. The zero-order valence-corrected chi connectivity index (χ0v) is 11.8. The largest absolute Gasteiger partial charge is 0.321 e. The van der Waals surface area contributed by atoms with Crippen LogP contribution in [0.15, 0.2) is 24.3 Å². The maximum absolute atomic E-state index is 6.77. The third-order valence-corrected chi connectivity index (χ3v) is 5.02. The highest BCUT2D eigenvalue weighted by Crippen LogP contribution is 2.40. The molecule has 0 amide bonds. The van der Waals surface area contributed by atoms with Gasteiger partial charge >= 0.3 is 0 Å². The number of benzene rings is 1. The first kappa shape index (κ1) is 13.1. The van der Waals surface area contributed by atoms with E-state index in [4.69, 9.17) is 5.73 Å². The lowest BCUT2D eigenvalue weighted by atomic mass is 9.73. The van der Waals surface area contributed by atoms with Crippen LogP contribution < -0.4 is 11.1 Å². The molecule has 0 spiro atoms. The van der Waals surface area contributed by atoms with Crippen LogP contribution in [0.2, 0.25) is 0 Å². The Morgan fingerprint density at radius 2 is 1.68 bits per heavy atom. The molecule has 3 rings (SSSR count). The summed E-state index contributed by atoms with van der Waals surface area (Å²) >= 11 is 0. The fourth-order valence-corrected chi connectivity index (χ4v) is 3.89. The average molecular weight is 258 g/mol. The predicted molar refractivity (Wildman–Crippen MR) is 80.2 cm³/mol. The van der Waals surface area contributed by atoms with Crippen LogP contribution >= 0.6 is 0 Å². The predicted octanol–water partition coefficient (Wildman–Crippen LogP) is 3.27. The number of rotatable bonds is 2. The van der Waals surface area contributed by atoms with E-state index in [1.54, 1.807) is 0 Å². The Morgan fingerprint density at radius 3 is 2.42 bits per heavy atom. The van der Waals surface area contributed by atoms with Gasteiger partial charge in [0.1, 0.15) is 0 Å². The molecule has 2 nitrogen and oxygen atoms in total. The number of piperidine rings is 1. The highest BCUT2D eigenvalue weighted by molar-refractivity contribution is 5.37. The summed E-state index contributed by atoms with van der Waals surface area (Å²) in [7, 11) is 0. The summed E-state index contributed by atoms with van der Waals surface area (Å²) in [5.74, 6) is 0.708. The van der Waals surface area contributed by atoms with Gasteiger partial charge in [-0.2, -0.15) is 0 Å². The lowest BCUT2D eigenvalue weighted by Crippen LogP contribution is -2.40. The average Bonchev–Trinajstić information content (AvgIpc) is 2.49. The standard InChI is InChI=1S/C17H26N2/c18-17(10-4-1-5-11-17)16-7-3-2-6-15(16)14-8-12-19-13-9-14/h2-3,6-7,14,19H,1,4-5,8-13,18H2. The number of hydrogen-bond acceptors (Lipinski definition) is 2. The topological polar surface area (TPSA) is 38.0 Å². The second-order valence-electron chi connectivity index (χ2n) is 6.33. The van der Waals surface area contributed by atoms with Gasteiger partial charge in [-0.1, -0.05) is 43.5 Å². The van der Waals surface area contributed by atoms with Crippen LogP contribution in [0.5, 0.6) is 0 Å². The summed E-state index contributed by atoms with van der Waals surface area (Å²) in [6, 6.07) is 8.98.